The molecule has 0 fully saturated rings. The molecule has 0 spiro atoms. The van der Waals surface area contributed by atoms with Crippen molar-refractivity contribution in [2.45, 2.75) is 20.3 Å². The van der Waals surface area contributed by atoms with Crippen LogP contribution >= 0.6 is 0 Å². The highest BCUT2D eigenvalue weighted by molar-refractivity contribution is 5.92. The van der Waals surface area contributed by atoms with E-state index in [-0.39, 0.29) is 29.6 Å². The number of carbonyl (C=O) groups is 1. The normalized spacial score (nSPS) is 10.1. The number of nitrogens with two attached hydrogens (primary N) is 1. The number of hydrogen-bond donors (Lipinski definition) is 2. The third-order valence-electron chi connectivity index (χ3n) is 3.04. The summed E-state index contributed by atoms with van der Waals surface area (Å²) in [7, 11) is 0. The van der Waals surface area contributed by atoms with Crippen LogP contribution in [0.1, 0.15) is 20.3 Å². The molecule has 0 bridgehead atoms. The summed E-state index contributed by atoms with van der Waals surface area (Å²) < 4.78 is 24.6. The van der Waals surface area contributed by atoms with Crippen LogP contribution < -0.4 is 11.1 Å². The van der Waals surface area contributed by atoms with Gasteiger partial charge in [-0.25, -0.2) is 8.78 Å². The van der Waals surface area contributed by atoms with E-state index in [2.05, 4.69) is 5.32 Å². The van der Waals surface area contributed by atoms with E-state index in [1.165, 1.54) is 36.4 Å². The van der Waals surface area contributed by atoms with Crippen molar-refractivity contribution in [3.05, 3.63) is 60.2 Å². The smallest absolute Gasteiger partial charge is 0.373 e. The predicted molar refractivity (Wildman–Crippen MR) is 90.3 cm³/mol. The van der Waals surface area contributed by atoms with Gasteiger partial charge in [-0.2, -0.15) is 9.59 Å². The Morgan fingerprint density at radius 3 is 1.80 bits per heavy atom. The number of benzene rings is 2. The maximum absolute atomic E-state index is 12.5. The van der Waals surface area contributed by atoms with Gasteiger partial charge in [0.15, 0.2) is 0 Å². The zero-order valence-corrected chi connectivity index (χ0v) is 14.0. The Bertz CT molecular complexity index is 647. The molecule has 25 heavy (non-hydrogen) atoms. The van der Waals surface area contributed by atoms with Gasteiger partial charge in [0.25, 0.3) is 0 Å². The number of nitrogen functional groups attached to an aromatic ring is 1. The Morgan fingerprint density at radius 2 is 1.44 bits per heavy atom. The van der Waals surface area contributed by atoms with Crippen LogP contribution in [0.4, 0.5) is 20.2 Å². The summed E-state index contributed by atoms with van der Waals surface area (Å²) in [5.74, 6) is -0.593. The average Bonchev–Trinajstić information content (AvgIpc) is 2.60. The van der Waals surface area contributed by atoms with Crippen LogP contribution in [0.5, 0.6) is 0 Å². The molecule has 3 N–H and O–H groups in total. The van der Waals surface area contributed by atoms with Crippen molar-refractivity contribution >= 4 is 23.4 Å². The Morgan fingerprint density at radius 1 is 1.04 bits per heavy atom. The summed E-state index contributed by atoms with van der Waals surface area (Å²) in [6.07, 6.45) is 1.05. The summed E-state index contributed by atoms with van der Waals surface area (Å²) >= 11 is 0. The van der Waals surface area contributed by atoms with Gasteiger partial charge < -0.3 is 11.1 Å². The summed E-state index contributed by atoms with van der Waals surface area (Å²) in [6.45, 7) is 3.81. The van der Waals surface area contributed by atoms with Crippen LogP contribution in [-0.2, 0) is 14.4 Å². The largest absolute Gasteiger partial charge is 0.399 e. The molecule has 0 radical (unpaired) electrons. The summed E-state index contributed by atoms with van der Waals surface area (Å²) in [5, 5.41) is 2.71. The van der Waals surface area contributed by atoms with E-state index in [4.69, 9.17) is 15.3 Å². The van der Waals surface area contributed by atoms with Gasteiger partial charge in [-0.3, -0.25) is 4.79 Å². The Balaban J connectivity index is 0.000000440. The summed E-state index contributed by atoms with van der Waals surface area (Å²) in [4.78, 5) is 27.7. The Labute approximate surface area is 144 Å². The molecular weight excluding hydrogens is 330 g/mol. The summed E-state index contributed by atoms with van der Waals surface area (Å²) in [5.41, 5.74) is 6.49. The van der Waals surface area contributed by atoms with Gasteiger partial charge in [-0.05, 0) is 55.0 Å². The number of carbonyl (C=O) groups excluding carboxylic acids is 3. The van der Waals surface area contributed by atoms with Crippen molar-refractivity contribution in [1.82, 2.24) is 0 Å². The average molecular weight is 350 g/mol. The quantitative estimate of drug-likeness (QED) is 0.827. The second-order valence-corrected chi connectivity index (χ2v) is 4.94. The molecule has 7 heteroatoms. The molecule has 0 heterocycles. The molecule has 0 aromatic heterocycles. The minimum Gasteiger partial charge on any atom is -0.399 e. The fourth-order valence-corrected chi connectivity index (χ4v) is 1.45. The molecule has 2 rings (SSSR count). The minimum absolute atomic E-state index is 0.0138. The van der Waals surface area contributed by atoms with Gasteiger partial charge in [-0.15, -0.1) is 0 Å². The molecule has 2 aromatic rings. The van der Waals surface area contributed by atoms with E-state index in [9.17, 15) is 13.6 Å². The predicted octanol–water partition coefficient (Wildman–Crippen LogP) is 3.63. The lowest BCUT2D eigenvalue weighted by molar-refractivity contribution is -0.191. The second kappa shape index (κ2) is 12.4. The molecule has 5 nitrogen and oxygen atoms in total. The minimum atomic E-state index is -0.300. The van der Waals surface area contributed by atoms with Gasteiger partial charge in [-0.1, -0.05) is 13.8 Å². The van der Waals surface area contributed by atoms with E-state index < -0.39 is 0 Å². The van der Waals surface area contributed by atoms with Crippen molar-refractivity contribution in [3.8, 4) is 0 Å². The Kier molecular flexibility index (Phi) is 10.9. The molecule has 0 aliphatic rings. The van der Waals surface area contributed by atoms with Gasteiger partial charge >= 0.3 is 6.15 Å². The lowest BCUT2D eigenvalue weighted by Crippen LogP contribution is -2.19. The Hall–Kier alpha value is -3.05. The van der Waals surface area contributed by atoms with Crippen LogP contribution in [-0.4, -0.2) is 12.1 Å². The summed E-state index contributed by atoms with van der Waals surface area (Å²) in [6, 6.07) is 11.5. The maximum atomic E-state index is 12.5. The van der Waals surface area contributed by atoms with Crippen molar-refractivity contribution < 1.29 is 23.2 Å². The first-order valence-corrected chi connectivity index (χ1v) is 7.40. The van der Waals surface area contributed by atoms with Crippen LogP contribution in [0.15, 0.2) is 48.5 Å². The van der Waals surface area contributed by atoms with E-state index in [0.29, 0.717) is 11.4 Å². The van der Waals surface area contributed by atoms with Crippen molar-refractivity contribution in [3.63, 3.8) is 0 Å². The lowest BCUT2D eigenvalue weighted by Gasteiger charge is -2.09. The van der Waals surface area contributed by atoms with E-state index in [1.54, 1.807) is 12.1 Å². The van der Waals surface area contributed by atoms with Gasteiger partial charge in [0, 0.05) is 17.3 Å². The lowest BCUT2D eigenvalue weighted by atomic mass is 10.1. The first-order valence-electron chi connectivity index (χ1n) is 7.40. The molecule has 134 valence electrons. The fourth-order valence-electron chi connectivity index (χ4n) is 1.45. The molecule has 0 aliphatic carbocycles. The van der Waals surface area contributed by atoms with Crippen LogP contribution in [0.25, 0.3) is 0 Å². The van der Waals surface area contributed by atoms with Gasteiger partial charge in [0.2, 0.25) is 5.91 Å². The van der Waals surface area contributed by atoms with Crippen molar-refractivity contribution in [2.24, 2.45) is 5.92 Å². The molecular formula is C18H20F2N2O3. The number of halogens is 2. The van der Waals surface area contributed by atoms with E-state index in [0.717, 1.165) is 6.42 Å². The number of hydrogen-bond acceptors (Lipinski definition) is 4. The third-order valence-corrected chi connectivity index (χ3v) is 3.04. The molecule has 2 aromatic carbocycles. The van der Waals surface area contributed by atoms with E-state index in [1.807, 2.05) is 13.8 Å². The van der Waals surface area contributed by atoms with Crippen LogP contribution in [0.3, 0.4) is 0 Å². The molecule has 0 aliphatic heterocycles. The van der Waals surface area contributed by atoms with E-state index >= 15 is 0 Å². The molecule has 1 amide bonds. The zero-order valence-electron chi connectivity index (χ0n) is 14.0. The maximum Gasteiger partial charge on any atom is 0.373 e. The molecule has 1 atom stereocenters. The fraction of sp³-hybridized carbons (Fsp3) is 0.222. The van der Waals surface area contributed by atoms with Gasteiger partial charge in [0.05, 0.1) is 0 Å². The van der Waals surface area contributed by atoms with Crippen molar-refractivity contribution in [2.75, 3.05) is 11.1 Å². The topological polar surface area (TPSA) is 89.3 Å². The first kappa shape index (κ1) is 21.9. The highest BCUT2D eigenvalue weighted by Crippen LogP contribution is 2.11. The SMILES string of the molecule is CCC(C)C(=O)Nc1ccc(F)cc1.Nc1ccc(F)cc1.O=C=O. The number of rotatable bonds is 3. The second-order valence-electron chi connectivity index (χ2n) is 4.94. The monoisotopic (exact) mass is 350 g/mol. The molecule has 1 unspecified atom stereocenters. The highest BCUT2D eigenvalue weighted by Gasteiger charge is 2.09. The third kappa shape index (κ3) is 10.4. The highest BCUT2D eigenvalue weighted by atomic mass is 19.1. The van der Waals surface area contributed by atoms with Crippen LogP contribution in [0.2, 0.25) is 0 Å². The molecule has 0 saturated heterocycles. The zero-order chi connectivity index (χ0) is 19.2. The number of nitrogens with one attached hydrogen (secondary N) is 1. The molecule has 0 saturated carbocycles. The standard InChI is InChI=1S/C11H14FNO.C6H6FN.CO2/c1-3-8(2)11(14)13-10-6-4-9(12)5-7-10;7-5-1-3-6(8)4-2-5;2-1-3/h4-8H,3H2,1-2H3,(H,13,14);1-4H,8H2;. The number of amides is 1. The number of anilines is 2. The van der Waals surface area contributed by atoms with Crippen LogP contribution in [0, 0.1) is 17.6 Å². The van der Waals surface area contributed by atoms with Crippen molar-refractivity contribution in [1.29, 1.82) is 0 Å². The first-order chi connectivity index (χ1) is 11.8. The van der Waals surface area contributed by atoms with Gasteiger partial charge in [0.1, 0.15) is 11.6 Å².